The second-order valence-electron chi connectivity index (χ2n) is 14.9. The first kappa shape index (κ1) is 48.1. The summed E-state index contributed by atoms with van der Waals surface area (Å²) in [5.41, 5.74) is 1.74. The molecule has 13 heteroatoms. The van der Waals surface area contributed by atoms with E-state index in [1.165, 1.54) is 57.8 Å². The van der Waals surface area contributed by atoms with E-state index in [9.17, 15) is 28.6 Å². The van der Waals surface area contributed by atoms with Crippen LogP contribution in [0.5, 0.6) is 0 Å². The van der Waals surface area contributed by atoms with Crippen LogP contribution in [0.2, 0.25) is 0 Å². The average Bonchev–Trinajstić information content (AvgIpc) is 3.57. The maximum atomic E-state index is 13.1. The highest BCUT2D eigenvalue weighted by Crippen LogP contribution is 2.43. The highest BCUT2D eigenvalue weighted by molar-refractivity contribution is 7.47. The molecule has 0 aliphatic rings. The zero-order valence-electron chi connectivity index (χ0n) is 34.1. The Kier molecular flexibility index (Phi) is 24.8. The van der Waals surface area contributed by atoms with E-state index in [1.807, 2.05) is 45.0 Å². The smallest absolute Gasteiger partial charge is 0.361 e. The summed E-state index contributed by atoms with van der Waals surface area (Å²) in [5.74, 6) is -1.47. The number of hydrogen-bond acceptors (Lipinski definition) is 7. The van der Waals surface area contributed by atoms with Crippen molar-refractivity contribution < 1.29 is 37.7 Å². The number of hydrogen-bond donors (Lipinski definition) is 5. The summed E-state index contributed by atoms with van der Waals surface area (Å²) in [6.45, 7) is 7.07. The summed E-state index contributed by atoms with van der Waals surface area (Å²) in [5, 5.41) is 9.16. The standard InChI is InChI=1S/C42H71N4O8P/c1-5-8-10-11-12-13-14-15-16-17-18-19-21-27-39(48)45-37(38(47)26-20-9-6-2)32-54-55(51,52)53-29-28-43-42(50)41(33(4)7-3)46-40(49)30-34-31-44-36-25-23-22-24-35(34)36/h22-25,31,33,37,41,44H,5-21,26-30,32H2,1-4H3,(H,43,50)(H,45,48)(H,46,49)(H,51,52)/t33-,37-,41-/m0/s1. The maximum absolute atomic E-state index is 13.1. The molecule has 1 aromatic heterocycles. The Morgan fingerprint density at radius 2 is 1.35 bits per heavy atom. The SMILES string of the molecule is CCCCCCCCCCCCCCCC(=O)N[C@@H](COP(=O)(O)OCCNC(=O)[C@@H](NC(=O)Cc1c[nH]c2ccccc12)[C@@H](C)CC)C(=O)CCCCC. The molecule has 1 heterocycles. The van der Waals surface area contributed by atoms with E-state index < -0.39 is 32.4 Å². The van der Waals surface area contributed by atoms with Crippen molar-refractivity contribution in [1.82, 2.24) is 20.9 Å². The Bertz CT molecular complexity index is 1450. The topological polar surface area (TPSA) is 176 Å². The lowest BCUT2D eigenvalue weighted by atomic mass is 9.98. The Morgan fingerprint density at radius 1 is 0.764 bits per heavy atom. The molecule has 3 amide bonds. The molecule has 4 atom stereocenters. The Labute approximate surface area is 330 Å². The first-order valence-corrected chi connectivity index (χ1v) is 22.6. The maximum Gasteiger partial charge on any atom is 0.472 e. The number of carbonyl (C=O) groups is 4. The third kappa shape index (κ3) is 20.6. The predicted molar refractivity (Wildman–Crippen MR) is 220 cm³/mol. The summed E-state index contributed by atoms with van der Waals surface area (Å²) in [6, 6.07) is 5.78. The number of carbonyl (C=O) groups excluding carboxylic acids is 4. The molecule has 312 valence electrons. The van der Waals surface area contributed by atoms with Crippen LogP contribution in [0.1, 0.15) is 155 Å². The zero-order chi connectivity index (χ0) is 40.3. The minimum atomic E-state index is -4.62. The lowest BCUT2D eigenvalue weighted by Gasteiger charge is -2.24. The molecule has 0 bridgehead atoms. The number of Topliss-reactive ketones (excluding diaryl/α,β-unsaturated/α-hetero) is 1. The van der Waals surface area contributed by atoms with E-state index in [1.54, 1.807) is 6.20 Å². The predicted octanol–water partition coefficient (Wildman–Crippen LogP) is 8.61. The minimum absolute atomic E-state index is 0.0976. The molecule has 0 saturated heterocycles. The van der Waals surface area contributed by atoms with E-state index in [-0.39, 0.29) is 55.9 Å². The average molecular weight is 791 g/mol. The normalized spacial score (nSPS) is 14.2. The number of amides is 3. The van der Waals surface area contributed by atoms with Crippen LogP contribution >= 0.6 is 7.82 Å². The molecule has 12 nitrogen and oxygen atoms in total. The van der Waals surface area contributed by atoms with Gasteiger partial charge < -0.3 is 25.8 Å². The fourth-order valence-electron chi connectivity index (χ4n) is 6.54. The van der Waals surface area contributed by atoms with Crippen molar-refractivity contribution in [3.8, 4) is 0 Å². The van der Waals surface area contributed by atoms with E-state index >= 15 is 0 Å². The van der Waals surface area contributed by atoms with Gasteiger partial charge in [-0.2, -0.15) is 0 Å². The lowest BCUT2D eigenvalue weighted by Crippen LogP contribution is -2.51. The van der Waals surface area contributed by atoms with Gasteiger partial charge in [0.2, 0.25) is 17.7 Å². The van der Waals surface area contributed by atoms with Crippen molar-refractivity contribution in [2.75, 3.05) is 19.8 Å². The highest BCUT2D eigenvalue weighted by Gasteiger charge is 2.29. The van der Waals surface area contributed by atoms with Gasteiger partial charge in [-0.3, -0.25) is 28.2 Å². The highest BCUT2D eigenvalue weighted by atomic mass is 31.2. The van der Waals surface area contributed by atoms with Crippen LogP contribution in [-0.4, -0.2) is 65.2 Å². The third-order valence-corrected chi connectivity index (χ3v) is 11.1. The minimum Gasteiger partial charge on any atom is -0.361 e. The summed E-state index contributed by atoms with van der Waals surface area (Å²) in [6.07, 6.45) is 21.0. The summed E-state index contributed by atoms with van der Waals surface area (Å²) in [4.78, 5) is 65.3. The molecule has 0 radical (unpaired) electrons. The summed E-state index contributed by atoms with van der Waals surface area (Å²) >= 11 is 0. The van der Waals surface area contributed by atoms with Gasteiger partial charge in [0.1, 0.15) is 12.1 Å². The van der Waals surface area contributed by atoms with Gasteiger partial charge in [0.25, 0.3) is 0 Å². The van der Waals surface area contributed by atoms with Crippen LogP contribution in [0.25, 0.3) is 10.9 Å². The molecular formula is C42H71N4O8P. The van der Waals surface area contributed by atoms with Gasteiger partial charge in [-0.25, -0.2) is 4.57 Å². The number of unbranched alkanes of at least 4 members (excludes halogenated alkanes) is 14. The van der Waals surface area contributed by atoms with Crippen LogP contribution < -0.4 is 16.0 Å². The number of H-pyrrole nitrogens is 1. The van der Waals surface area contributed by atoms with E-state index in [2.05, 4.69) is 27.9 Å². The zero-order valence-corrected chi connectivity index (χ0v) is 35.0. The van der Waals surface area contributed by atoms with E-state index in [0.717, 1.165) is 48.6 Å². The van der Waals surface area contributed by atoms with Gasteiger partial charge in [0.05, 0.1) is 19.6 Å². The number of nitrogens with one attached hydrogen (secondary N) is 4. The molecule has 1 aromatic carbocycles. The van der Waals surface area contributed by atoms with Crippen molar-refractivity contribution >= 4 is 42.2 Å². The number of aromatic amines is 1. The van der Waals surface area contributed by atoms with E-state index in [0.29, 0.717) is 19.3 Å². The Balaban J connectivity index is 1.75. The quantitative estimate of drug-likeness (QED) is 0.0353. The van der Waals surface area contributed by atoms with Crippen molar-refractivity contribution in [2.45, 2.75) is 168 Å². The second-order valence-corrected chi connectivity index (χ2v) is 16.3. The summed E-state index contributed by atoms with van der Waals surface area (Å²) < 4.78 is 23.0. The molecule has 0 saturated carbocycles. The molecule has 2 aromatic rings. The molecule has 2 rings (SSSR count). The third-order valence-electron chi connectivity index (χ3n) is 10.2. The number of para-hydroxylation sites is 1. The number of fused-ring (bicyclic) bond motifs is 1. The number of ketones is 1. The van der Waals surface area contributed by atoms with Crippen LogP contribution in [0.3, 0.4) is 0 Å². The number of aromatic nitrogens is 1. The molecular weight excluding hydrogens is 719 g/mol. The van der Waals surface area contributed by atoms with Crippen LogP contribution in [-0.2, 0) is 39.2 Å². The number of phosphoric ester groups is 1. The monoisotopic (exact) mass is 791 g/mol. The van der Waals surface area contributed by atoms with Gasteiger partial charge in [-0.15, -0.1) is 0 Å². The largest absolute Gasteiger partial charge is 0.472 e. The van der Waals surface area contributed by atoms with Crippen molar-refractivity contribution in [1.29, 1.82) is 0 Å². The van der Waals surface area contributed by atoms with Crippen LogP contribution in [0.4, 0.5) is 0 Å². The van der Waals surface area contributed by atoms with Crippen LogP contribution in [0.15, 0.2) is 30.5 Å². The summed E-state index contributed by atoms with van der Waals surface area (Å²) in [7, 11) is -4.62. The molecule has 0 aliphatic heterocycles. The fraction of sp³-hybridized carbons (Fsp3) is 0.714. The molecule has 0 spiro atoms. The number of rotatable bonds is 33. The Morgan fingerprint density at radius 3 is 1.98 bits per heavy atom. The van der Waals surface area contributed by atoms with Crippen molar-refractivity contribution in [3.63, 3.8) is 0 Å². The molecule has 0 fully saturated rings. The molecule has 1 unspecified atom stereocenters. The van der Waals surface area contributed by atoms with Gasteiger partial charge in [-0.1, -0.05) is 142 Å². The number of phosphoric acid groups is 1. The lowest BCUT2D eigenvalue weighted by molar-refractivity contribution is -0.130. The first-order valence-electron chi connectivity index (χ1n) is 21.1. The second kappa shape index (κ2) is 28.4. The van der Waals surface area contributed by atoms with Crippen LogP contribution in [0, 0.1) is 5.92 Å². The van der Waals surface area contributed by atoms with Gasteiger partial charge in [0, 0.05) is 36.5 Å². The molecule has 0 aliphatic carbocycles. The molecule has 5 N–H and O–H groups in total. The van der Waals surface area contributed by atoms with Gasteiger partial charge in [0.15, 0.2) is 5.78 Å². The molecule has 55 heavy (non-hydrogen) atoms. The van der Waals surface area contributed by atoms with Crippen molar-refractivity contribution in [2.24, 2.45) is 5.92 Å². The first-order chi connectivity index (χ1) is 26.5. The van der Waals surface area contributed by atoms with Crippen molar-refractivity contribution in [3.05, 3.63) is 36.0 Å². The van der Waals surface area contributed by atoms with Gasteiger partial charge in [-0.05, 0) is 30.4 Å². The fourth-order valence-corrected chi connectivity index (χ4v) is 7.27. The van der Waals surface area contributed by atoms with Gasteiger partial charge >= 0.3 is 7.82 Å². The number of benzene rings is 1. The Hall–Kier alpha value is -3.05. The van der Waals surface area contributed by atoms with E-state index in [4.69, 9.17) is 9.05 Å².